The Bertz CT molecular complexity index is 794. The SMILES string of the molecule is CC(C)(C)CC(=O)Nc1nn2ccc(C(F)(F)F)cc2c1C#N. The van der Waals surface area contributed by atoms with Crippen LogP contribution in [-0.4, -0.2) is 15.5 Å². The van der Waals surface area contributed by atoms with Crippen LogP contribution >= 0.6 is 0 Å². The molecule has 1 N–H and O–H groups in total. The lowest BCUT2D eigenvalue weighted by Crippen LogP contribution is -2.20. The number of carbonyl (C=O) groups is 1. The Labute approximate surface area is 130 Å². The van der Waals surface area contributed by atoms with Gasteiger partial charge in [0.25, 0.3) is 0 Å². The molecule has 23 heavy (non-hydrogen) atoms. The second kappa shape index (κ2) is 5.57. The third-order valence-electron chi connectivity index (χ3n) is 3.02. The van der Waals surface area contributed by atoms with E-state index in [1.54, 1.807) is 6.07 Å². The Morgan fingerprint density at radius 1 is 1.39 bits per heavy atom. The minimum absolute atomic E-state index is 0.00613. The number of rotatable bonds is 2. The van der Waals surface area contributed by atoms with Crippen LogP contribution in [-0.2, 0) is 11.0 Å². The highest BCUT2D eigenvalue weighted by Crippen LogP contribution is 2.31. The number of carbonyl (C=O) groups excluding carboxylic acids is 1. The topological polar surface area (TPSA) is 70.2 Å². The molecule has 2 aromatic heterocycles. The summed E-state index contributed by atoms with van der Waals surface area (Å²) in [6.45, 7) is 5.62. The molecular weight excluding hydrogens is 309 g/mol. The van der Waals surface area contributed by atoms with Crippen molar-refractivity contribution in [3.8, 4) is 6.07 Å². The molecule has 2 heterocycles. The van der Waals surface area contributed by atoms with E-state index in [1.807, 2.05) is 20.8 Å². The maximum Gasteiger partial charge on any atom is 0.416 e. The Morgan fingerprint density at radius 2 is 2.04 bits per heavy atom. The number of fused-ring (bicyclic) bond motifs is 1. The number of aromatic nitrogens is 2. The van der Waals surface area contributed by atoms with Gasteiger partial charge in [-0.2, -0.15) is 18.4 Å². The molecule has 0 unspecified atom stereocenters. The fourth-order valence-corrected chi connectivity index (χ4v) is 2.08. The molecule has 0 saturated heterocycles. The van der Waals surface area contributed by atoms with Crippen molar-refractivity contribution in [1.29, 1.82) is 5.26 Å². The lowest BCUT2D eigenvalue weighted by atomic mass is 9.92. The molecule has 2 rings (SSSR count). The first-order chi connectivity index (χ1) is 10.5. The van der Waals surface area contributed by atoms with Gasteiger partial charge in [0.15, 0.2) is 5.82 Å². The Morgan fingerprint density at radius 3 is 2.57 bits per heavy atom. The van der Waals surface area contributed by atoms with E-state index >= 15 is 0 Å². The molecule has 0 atom stereocenters. The average molecular weight is 324 g/mol. The Hall–Kier alpha value is -2.56. The van der Waals surface area contributed by atoms with Crippen molar-refractivity contribution >= 4 is 17.2 Å². The standard InChI is InChI=1S/C15H15F3N4O/c1-14(2,3)7-12(23)20-13-10(8-19)11-6-9(15(16,17)18)4-5-22(11)21-13/h4-6H,7H2,1-3H3,(H,20,21,23). The molecule has 122 valence electrons. The van der Waals surface area contributed by atoms with Crippen LogP contribution in [0.25, 0.3) is 5.52 Å². The zero-order valence-electron chi connectivity index (χ0n) is 12.8. The first-order valence-electron chi connectivity index (χ1n) is 6.81. The summed E-state index contributed by atoms with van der Waals surface area (Å²) in [6.07, 6.45) is -3.22. The molecule has 0 fully saturated rings. The van der Waals surface area contributed by atoms with Crippen molar-refractivity contribution in [3.63, 3.8) is 0 Å². The molecule has 8 heteroatoms. The van der Waals surface area contributed by atoms with Gasteiger partial charge in [0.1, 0.15) is 11.6 Å². The number of amides is 1. The molecule has 1 amide bonds. The van der Waals surface area contributed by atoms with Gasteiger partial charge in [0.2, 0.25) is 5.91 Å². The molecule has 0 aliphatic rings. The van der Waals surface area contributed by atoms with E-state index in [2.05, 4.69) is 10.4 Å². The maximum atomic E-state index is 12.8. The lowest BCUT2D eigenvalue weighted by molar-refractivity contribution is -0.137. The van der Waals surface area contributed by atoms with Gasteiger partial charge in [0, 0.05) is 12.6 Å². The summed E-state index contributed by atoms with van der Waals surface area (Å²) in [4.78, 5) is 11.9. The summed E-state index contributed by atoms with van der Waals surface area (Å²) in [5, 5.41) is 15.7. The van der Waals surface area contributed by atoms with Gasteiger partial charge in [-0.05, 0) is 17.5 Å². The van der Waals surface area contributed by atoms with E-state index in [0.717, 1.165) is 22.8 Å². The number of nitriles is 1. The minimum atomic E-state index is -4.52. The molecule has 0 aliphatic heterocycles. The van der Waals surface area contributed by atoms with Crippen molar-refractivity contribution in [2.75, 3.05) is 5.32 Å². The number of nitrogens with one attached hydrogen (secondary N) is 1. The van der Waals surface area contributed by atoms with Gasteiger partial charge in [-0.1, -0.05) is 20.8 Å². The summed E-state index contributed by atoms with van der Waals surface area (Å²) < 4.78 is 39.5. The van der Waals surface area contributed by atoms with Gasteiger partial charge < -0.3 is 5.32 Å². The summed E-state index contributed by atoms with van der Waals surface area (Å²) in [7, 11) is 0. The van der Waals surface area contributed by atoms with E-state index in [1.165, 1.54) is 0 Å². The second-order valence-electron chi connectivity index (χ2n) is 6.36. The second-order valence-corrected chi connectivity index (χ2v) is 6.36. The summed E-state index contributed by atoms with van der Waals surface area (Å²) in [5.74, 6) is -0.394. The van der Waals surface area contributed by atoms with Gasteiger partial charge in [-0.3, -0.25) is 4.79 Å². The fourth-order valence-electron chi connectivity index (χ4n) is 2.08. The van der Waals surface area contributed by atoms with E-state index in [0.29, 0.717) is 0 Å². The monoisotopic (exact) mass is 324 g/mol. The van der Waals surface area contributed by atoms with Crippen molar-refractivity contribution in [1.82, 2.24) is 9.61 Å². The quantitative estimate of drug-likeness (QED) is 0.917. The predicted molar refractivity (Wildman–Crippen MR) is 77.6 cm³/mol. The zero-order chi connectivity index (χ0) is 17.4. The van der Waals surface area contributed by atoms with Crippen LogP contribution in [0.5, 0.6) is 0 Å². The van der Waals surface area contributed by atoms with E-state index < -0.39 is 11.7 Å². The number of alkyl halides is 3. The third-order valence-corrected chi connectivity index (χ3v) is 3.02. The van der Waals surface area contributed by atoms with Gasteiger partial charge in [-0.25, -0.2) is 4.52 Å². The van der Waals surface area contributed by atoms with E-state index in [4.69, 9.17) is 0 Å². The summed E-state index contributed by atoms with van der Waals surface area (Å²) in [6, 6.07) is 3.50. The van der Waals surface area contributed by atoms with Crippen molar-refractivity contribution in [3.05, 3.63) is 29.5 Å². The van der Waals surface area contributed by atoms with Crippen molar-refractivity contribution < 1.29 is 18.0 Å². The molecule has 0 aliphatic carbocycles. The van der Waals surface area contributed by atoms with Crippen molar-refractivity contribution in [2.45, 2.75) is 33.4 Å². The predicted octanol–water partition coefficient (Wildman–Crippen LogP) is 3.60. The minimum Gasteiger partial charge on any atom is -0.308 e. The molecule has 0 spiro atoms. The normalized spacial score (nSPS) is 12.2. The molecule has 0 saturated carbocycles. The van der Waals surface area contributed by atoms with E-state index in [9.17, 15) is 23.2 Å². The Kier molecular flexibility index (Phi) is 4.07. The molecule has 0 bridgehead atoms. The highest BCUT2D eigenvalue weighted by atomic mass is 19.4. The zero-order valence-corrected chi connectivity index (χ0v) is 12.8. The molecule has 0 aromatic carbocycles. The highest BCUT2D eigenvalue weighted by molar-refractivity contribution is 5.93. The molecule has 2 aromatic rings. The van der Waals surface area contributed by atoms with Gasteiger partial charge in [-0.15, -0.1) is 5.10 Å². The van der Waals surface area contributed by atoms with Crippen LogP contribution < -0.4 is 5.32 Å². The molecule has 5 nitrogen and oxygen atoms in total. The number of anilines is 1. The van der Waals surface area contributed by atoms with Crippen molar-refractivity contribution in [2.24, 2.45) is 5.41 Å². The van der Waals surface area contributed by atoms with Crippen LogP contribution in [0.4, 0.5) is 19.0 Å². The number of hydrogen-bond acceptors (Lipinski definition) is 3. The smallest absolute Gasteiger partial charge is 0.308 e. The summed E-state index contributed by atoms with van der Waals surface area (Å²) >= 11 is 0. The first kappa shape index (κ1) is 16.8. The number of pyridine rings is 1. The van der Waals surface area contributed by atoms with Crippen LogP contribution in [0.15, 0.2) is 18.3 Å². The number of hydrogen-bond donors (Lipinski definition) is 1. The number of nitrogens with zero attached hydrogens (tertiary/aromatic N) is 3. The first-order valence-corrected chi connectivity index (χ1v) is 6.81. The fraction of sp³-hybridized carbons (Fsp3) is 0.400. The van der Waals surface area contributed by atoms with Gasteiger partial charge in [0.05, 0.1) is 11.1 Å². The van der Waals surface area contributed by atoms with Gasteiger partial charge >= 0.3 is 6.18 Å². The lowest BCUT2D eigenvalue weighted by Gasteiger charge is -2.16. The van der Waals surface area contributed by atoms with Crippen LogP contribution in [0.2, 0.25) is 0 Å². The van der Waals surface area contributed by atoms with E-state index in [-0.39, 0.29) is 34.6 Å². The molecule has 0 radical (unpaired) electrons. The Balaban J connectivity index is 2.43. The largest absolute Gasteiger partial charge is 0.416 e. The van der Waals surface area contributed by atoms with Crippen LogP contribution in [0.1, 0.15) is 38.3 Å². The maximum absolute atomic E-state index is 12.8. The average Bonchev–Trinajstić information content (AvgIpc) is 2.70. The third kappa shape index (κ3) is 3.80. The van der Waals surface area contributed by atoms with Crippen LogP contribution in [0.3, 0.4) is 0 Å². The summed E-state index contributed by atoms with van der Waals surface area (Å²) in [5.41, 5.74) is -1.25. The molecular formula is C15H15F3N4O. The van der Waals surface area contributed by atoms with Crippen LogP contribution in [0, 0.1) is 16.7 Å². The number of halogens is 3. The highest BCUT2D eigenvalue weighted by Gasteiger charge is 2.31.